The molecular weight excluding hydrogens is 285 g/mol. The fourth-order valence-corrected chi connectivity index (χ4v) is 2.20. The van der Waals surface area contributed by atoms with Crippen molar-refractivity contribution in [1.29, 1.82) is 0 Å². The molecule has 1 N–H and O–H groups in total. The minimum atomic E-state index is -0.193. The summed E-state index contributed by atoms with van der Waals surface area (Å²) in [5.74, 6) is -0.193. The van der Waals surface area contributed by atoms with Gasteiger partial charge in [-0.3, -0.25) is 0 Å². The van der Waals surface area contributed by atoms with Crippen molar-refractivity contribution in [3.8, 4) is 0 Å². The van der Waals surface area contributed by atoms with Gasteiger partial charge in [-0.2, -0.15) is 0 Å². The van der Waals surface area contributed by atoms with Crippen LogP contribution in [0.5, 0.6) is 0 Å². The highest BCUT2D eigenvalue weighted by Gasteiger charge is 2.19. The summed E-state index contributed by atoms with van der Waals surface area (Å²) >= 11 is 3.34. The summed E-state index contributed by atoms with van der Waals surface area (Å²) in [7, 11) is 1.93. The molecule has 0 saturated carbocycles. The number of rotatable bonds is 5. The van der Waals surface area contributed by atoms with Crippen LogP contribution in [-0.4, -0.2) is 30.2 Å². The molecule has 0 aliphatic carbocycles. The first-order valence-electron chi connectivity index (χ1n) is 5.57. The van der Waals surface area contributed by atoms with Crippen molar-refractivity contribution in [2.45, 2.75) is 20.4 Å². The molecule has 2 nitrogen and oxygen atoms in total. The van der Waals surface area contributed by atoms with Crippen molar-refractivity contribution >= 4 is 15.9 Å². The zero-order chi connectivity index (χ0) is 13.1. The standard InChI is InChI=1S/C13H19BrFNO/c1-13(2,9-17)8-16(3)7-10-6-11(14)4-5-12(10)15/h4-6,17H,7-9H2,1-3H3. The lowest BCUT2D eigenvalue weighted by Crippen LogP contribution is -2.33. The average molecular weight is 304 g/mol. The maximum Gasteiger partial charge on any atom is 0.127 e. The SMILES string of the molecule is CN(Cc1cc(Br)ccc1F)CC(C)(C)CO. The number of aliphatic hydroxyl groups is 1. The van der Waals surface area contributed by atoms with Gasteiger partial charge in [0.2, 0.25) is 0 Å². The van der Waals surface area contributed by atoms with Gasteiger partial charge in [0.25, 0.3) is 0 Å². The van der Waals surface area contributed by atoms with Crippen LogP contribution in [0.4, 0.5) is 4.39 Å². The molecule has 1 aromatic rings. The monoisotopic (exact) mass is 303 g/mol. The van der Waals surface area contributed by atoms with E-state index in [1.807, 2.05) is 25.8 Å². The molecule has 0 aliphatic heterocycles. The zero-order valence-corrected chi connectivity index (χ0v) is 12.1. The van der Waals surface area contributed by atoms with Crippen LogP contribution in [0.3, 0.4) is 0 Å². The largest absolute Gasteiger partial charge is 0.396 e. The predicted molar refractivity (Wildman–Crippen MR) is 71.3 cm³/mol. The quantitative estimate of drug-likeness (QED) is 0.904. The maximum absolute atomic E-state index is 13.5. The van der Waals surface area contributed by atoms with Crippen molar-refractivity contribution in [3.63, 3.8) is 0 Å². The summed E-state index contributed by atoms with van der Waals surface area (Å²) in [6, 6.07) is 4.94. The van der Waals surface area contributed by atoms with E-state index in [1.54, 1.807) is 12.1 Å². The van der Waals surface area contributed by atoms with Gasteiger partial charge in [-0.15, -0.1) is 0 Å². The molecule has 4 heteroatoms. The highest BCUT2D eigenvalue weighted by atomic mass is 79.9. The Balaban J connectivity index is 2.68. The Labute approximate surface area is 111 Å². The van der Waals surface area contributed by atoms with E-state index in [2.05, 4.69) is 15.9 Å². The molecule has 0 aromatic heterocycles. The van der Waals surface area contributed by atoms with E-state index in [4.69, 9.17) is 0 Å². The summed E-state index contributed by atoms with van der Waals surface area (Å²) in [5.41, 5.74) is 0.493. The first-order valence-corrected chi connectivity index (χ1v) is 6.37. The predicted octanol–water partition coefficient (Wildman–Crippen LogP) is 3.04. The van der Waals surface area contributed by atoms with Gasteiger partial charge in [0.15, 0.2) is 0 Å². The molecule has 96 valence electrons. The van der Waals surface area contributed by atoms with E-state index in [0.29, 0.717) is 12.1 Å². The minimum absolute atomic E-state index is 0.123. The smallest absolute Gasteiger partial charge is 0.127 e. The average Bonchev–Trinajstić information content (AvgIpc) is 2.23. The molecule has 0 heterocycles. The van der Waals surface area contributed by atoms with Gasteiger partial charge in [0.05, 0.1) is 0 Å². The third-order valence-electron chi connectivity index (χ3n) is 2.57. The second-order valence-electron chi connectivity index (χ2n) is 5.23. The lowest BCUT2D eigenvalue weighted by atomic mass is 9.94. The third kappa shape index (κ3) is 4.74. The summed E-state index contributed by atoms with van der Waals surface area (Å²) in [5, 5.41) is 9.20. The van der Waals surface area contributed by atoms with Crippen LogP contribution in [0.25, 0.3) is 0 Å². The Morgan fingerprint density at radius 2 is 2.06 bits per heavy atom. The number of halogens is 2. The summed E-state index contributed by atoms with van der Waals surface area (Å²) in [6.45, 7) is 5.35. The molecule has 17 heavy (non-hydrogen) atoms. The molecule has 0 atom stereocenters. The van der Waals surface area contributed by atoms with E-state index in [9.17, 15) is 9.50 Å². The molecule has 1 aromatic carbocycles. The molecule has 0 amide bonds. The number of hydrogen-bond acceptors (Lipinski definition) is 2. The van der Waals surface area contributed by atoms with E-state index in [1.165, 1.54) is 6.07 Å². The van der Waals surface area contributed by atoms with Gasteiger partial charge in [-0.25, -0.2) is 4.39 Å². The Morgan fingerprint density at radius 3 is 2.65 bits per heavy atom. The van der Waals surface area contributed by atoms with E-state index in [-0.39, 0.29) is 17.8 Å². The molecule has 0 spiro atoms. The Morgan fingerprint density at radius 1 is 1.41 bits per heavy atom. The van der Waals surface area contributed by atoms with Gasteiger partial charge in [0, 0.05) is 35.1 Å². The molecule has 0 unspecified atom stereocenters. The first-order chi connectivity index (χ1) is 7.84. The van der Waals surface area contributed by atoms with Crippen LogP contribution in [0.2, 0.25) is 0 Å². The highest BCUT2D eigenvalue weighted by Crippen LogP contribution is 2.20. The zero-order valence-electron chi connectivity index (χ0n) is 10.5. The summed E-state index contributed by atoms with van der Waals surface area (Å²) in [6.07, 6.45) is 0. The van der Waals surface area contributed by atoms with Crippen molar-refractivity contribution in [2.24, 2.45) is 5.41 Å². The fourth-order valence-electron chi connectivity index (χ4n) is 1.79. The summed E-state index contributed by atoms with van der Waals surface area (Å²) < 4.78 is 14.4. The fraction of sp³-hybridized carbons (Fsp3) is 0.538. The molecule has 0 bridgehead atoms. The highest BCUT2D eigenvalue weighted by molar-refractivity contribution is 9.10. The van der Waals surface area contributed by atoms with Crippen LogP contribution < -0.4 is 0 Å². The van der Waals surface area contributed by atoms with Gasteiger partial charge >= 0.3 is 0 Å². The Bertz CT molecular complexity index is 382. The molecular formula is C13H19BrFNO. The lowest BCUT2D eigenvalue weighted by Gasteiger charge is -2.28. The number of hydrogen-bond donors (Lipinski definition) is 1. The molecule has 0 radical (unpaired) electrons. The van der Waals surface area contributed by atoms with Crippen LogP contribution >= 0.6 is 15.9 Å². The minimum Gasteiger partial charge on any atom is -0.396 e. The molecule has 0 aliphatic rings. The Hall–Kier alpha value is -0.450. The number of aliphatic hydroxyl groups excluding tert-OH is 1. The first kappa shape index (κ1) is 14.6. The molecule has 1 rings (SSSR count). The van der Waals surface area contributed by atoms with Gasteiger partial charge in [-0.05, 0) is 25.2 Å². The van der Waals surface area contributed by atoms with Crippen molar-refractivity contribution in [3.05, 3.63) is 34.1 Å². The molecule has 0 fully saturated rings. The van der Waals surface area contributed by atoms with Crippen LogP contribution in [0.15, 0.2) is 22.7 Å². The van der Waals surface area contributed by atoms with Gasteiger partial charge in [0.1, 0.15) is 5.82 Å². The number of benzene rings is 1. The van der Waals surface area contributed by atoms with Gasteiger partial charge < -0.3 is 10.0 Å². The van der Waals surface area contributed by atoms with Gasteiger partial charge in [-0.1, -0.05) is 29.8 Å². The lowest BCUT2D eigenvalue weighted by molar-refractivity contribution is 0.112. The number of nitrogens with zero attached hydrogens (tertiary/aromatic N) is 1. The topological polar surface area (TPSA) is 23.5 Å². The van der Waals surface area contributed by atoms with Crippen molar-refractivity contribution < 1.29 is 9.50 Å². The van der Waals surface area contributed by atoms with Crippen LogP contribution in [-0.2, 0) is 6.54 Å². The molecule has 0 saturated heterocycles. The van der Waals surface area contributed by atoms with Crippen molar-refractivity contribution in [2.75, 3.05) is 20.2 Å². The maximum atomic E-state index is 13.5. The normalized spacial score (nSPS) is 12.2. The second-order valence-corrected chi connectivity index (χ2v) is 6.15. The van der Waals surface area contributed by atoms with Crippen molar-refractivity contribution in [1.82, 2.24) is 4.90 Å². The van der Waals surface area contributed by atoms with E-state index in [0.717, 1.165) is 11.0 Å². The van der Waals surface area contributed by atoms with Crippen LogP contribution in [0.1, 0.15) is 19.4 Å². The Kier molecular flexibility index (Phi) is 5.10. The second kappa shape index (κ2) is 5.94. The third-order valence-corrected chi connectivity index (χ3v) is 3.07. The van der Waals surface area contributed by atoms with E-state index < -0.39 is 0 Å². The summed E-state index contributed by atoms with van der Waals surface area (Å²) in [4.78, 5) is 2.01. The van der Waals surface area contributed by atoms with Crippen LogP contribution in [0, 0.1) is 11.2 Å². The van der Waals surface area contributed by atoms with E-state index >= 15 is 0 Å².